The van der Waals surface area contributed by atoms with Crippen LogP contribution >= 0.6 is 24.4 Å². The van der Waals surface area contributed by atoms with Gasteiger partial charge in [0.15, 0.2) is 10.5 Å². The van der Waals surface area contributed by atoms with E-state index in [1.165, 1.54) is 4.68 Å². The van der Waals surface area contributed by atoms with Gasteiger partial charge < -0.3 is 15.2 Å². The number of hydrogen-bond donors (Lipinski definition) is 2. The topological polar surface area (TPSA) is 66.0 Å². The zero-order chi connectivity index (χ0) is 14.4. The van der Waals surface area contributed by atoms with Crippen LogP contribution in [0.15, 0.2) is 0 Å². The predicted molar refractivity (Wildman–Crippen MR) is 79.3 cm³/mol. The van der Waals surface area contributed by atoms with Gasteiger partial charge in [-0.1, -0.05) is 26.1 Å². The molecule has 2 N–H and O–H groups in total. The van der Waals surface area contributed by atoms with Crippen molar-refractivity contribution in [1.82, 2.24) is 25.0 Å². The molecule has 0 spiro atoms. The number of H-pyrrole nitrogens is 1. The Hall–Kier alpha value is -1.12. The van der Waals surface area contributed by atoms with Gasteiger partial charge in [0, 0.05) is 20.1 Å². The molecule has 0 aliphatic heterocycles. The van der Waals surface area contributed by atoms with Gasteiger partial charge in [-0.25, -0.2) is 4.68 Å². The highest BCUT2D eigenvalue weighted by molar-refractivity contribution is 7.72. The van der Waals surface area contributed by atoms with E-state index in [2.05, 4.69) is 34.1 Å². The lowest BCUT2D eigenvalue weighted by atomic mass is 10.4. The molecule has 0 aliphatic carbocycles. The first-order valence-electron chi connectivity index (χ1n) is 6.17. The van der Waals surface area contributed by atoms with E-state index in [0.29, 0.717) is 11.3 Å². The van der Waals surface area contributed by atoms with E-state index in [-0.39, 0.29) is 16.2 Å². The second-order valence-electron chi connectivity index (χ2n) is 4.01. The number of aromatic amines is 1. The fourth-order valence-electron chi connectivity index (χ4n) is 1.58. The highest BCUT2D eigenvalue weighted by Gasteiger charge is 2.11. The highest BCUT2D eigenvalue weighted by atomic mass is 32.1. The van der Waals surface area contributed by atoms with E-state index in [4.69, 9.17) is 24.4 Å². The lowest BCUT2D eigenvalue weighted by molar-refractivity contribution is 0.0940. The zero-order valence-electron chi connectivity index (χ0n) is 11.4. The van der Waals surface area contributed by atoms with Crippen molar-refractivity contribution in [3.8, 4) is 0 Å². The Morgan fingerprint density at radius 3 is 2.63 bits per heavy atom. The lowest BCUT2D eigenvalue weighted by Crippen LogP contribution is -2.35. The van der Waals surface area contributed by atoms with Gasteiger partial charge in [-0.05, 0) is 25.3 Å². The van der Waals surface area contributed by atoms with Crippen molar-refractivity contribution in [2.24, 2.45) is 7.05 Å². The monoisotopic (exact) mass is 301 g/mol. The molecule has 106 valence electrons. The second kappa shape index (κ2) is 7.46. The van der Waals surface area contributed by atoms with E-state index < -0.39 is 0 Å². The molecule has 1 amide bonds. The summed E-state index contributed by atoms with van der Waals surface area (Å²) in [7, 11) is 1.67. The van der Waals surface area contributed by atoms with Crippen LogP contribution < -0.4 is 5.32 Å². The third kappa shape index (κ3) is 4.48. The normalized spacial score (nSPS) is 10.7. The molecule has 0 atom stereocenters. The van der Waals surface area contributed by atoms with Gasteiger partial charge in [0.1, 0.15) is 4.64 Å². The lowest BCUT2D eigenvalue weighted by Gasteiger charge is -2.17. The molecule has 0 aromatic carbocycles. The van der Waals surface area contributed by atoms with Crippen molar-refractivity contribution < 1.29 is 4.79 Å². The first-order valence-corrected chi connectivity index (χ1v) is 6.99. The van der Waals surface area contributed by atoms with Crippen LogP contribution in [0.25, 0.3) is 0 Å². The van der Waals surface area contributed by atoms with Crippen molar-refractivity contribution in [1.29, 1.82) is 0 Å². The van der Waals surface area contributed by atoms with Crippen molar-refractivity contribution >= 4 is 30.3 Å². The molecule has 0 saturated carbocycles. The predicted octanol–water partition coefficient (Wildman–Crippen LogP) is 1.28. The van der Waals surface area contributed by atoms with Gasteiger partial charge in [-0.15, -0.1) is 0 Å². The summed E-state index contributed by atoms with van der Waals surface area (Å²) in [5, 5.41) is 6.87. The van der Waals surface area contributed by atoms with Crippen LogP contribution in [0.5, 0.6) is 0 Å². The maximum absolute atomic E-state index is 12.0. The molecular formula is C11H19N5OS2. The number of aryl methyl sites for hydroxylation is 1. The van der Waals surface area contributed by atoms with Gasteiger partial charge >= 0.3 is 0 Å². The first kappa shape index (κ1) is 15.9. The minimum absolute atomic E-state index is 0.200. The summed E-state index contributed by atoms with van der Waals surface area (Å²) in [5.41, 5.74) is 0.200. The molecule has 1 rings (SSSR count). The number of amides is 1. The Kier molecular flexibility index (Phi) is 6.26. The van der Waals surface area contributed by atoms with Gasteiger partial charge in [0.05, 0.1) is 0 Å². The van der Waals surface area contributed by atoms with Crippen LogP contribution in [-0.2, 0) is 7.05 Å². The molecule has 0 aliphatic rings. The van der Waals surface area contributed by atoms with Crippen LogP contribution in [0.2, 0.25) is 0 Å². The number of rotatable bonds is 6. The maximum atomic E-state index is 12.0. The summed E-state index contributed by atoms with van der Waals surface area (Å²) in [4.78, 5) is 17.0. The Labute approximate surface area is 122 Å². The molecule has 1 aromatic rings. The van der Waals surface area contributed by atoms with E-state index in [1.54, 1.807) is 7.05 Å². The van der Waals surface area contributed by atoms with Crippen molar-refractivity contribution in [2.75, 3.05) is 26.2 Å². The first-order chi connectivity index (χ1) is 8.99. The van der Waals surface area contributed by atoms with E-state index in [9.17, 15) is 4.79 Å². The fraction of sp³-hybridized carbons (Fsp3) is 0.636. The van der Waals surface area contributed by atoms with Gasteiger partial charge in [-0.2, -0.15) is 5.10 Å². The highest BCUT2D eigenvalue weighted by Crippen LogP contribution is 1.96. The van der Waals surface area contributed by atoms with E-state index >= 15 is 0 Å². The van der Waals surface area contributed by atoms with Gasteiger partial charge in [0.25, 0.3) is 5.91 Å². The minimum atomic E-state index is -0.279. The average Bonchev–Trinajstić information content (AvgIpc) is 2.38. The summed E-state index contributed by atoms with van der Waals surface area (Å²) in [6.07, 6.45) is 0. The fourth-order valence-corrected chi connectivity index (χ4v) is 2.02. The molecule has 0 fully saturated rings. The van der Waals surface area contributed by atoms with Crippen LogP contribution in [0.3, 0.4) is 0 Å². The van der Waals surface area contributed by atoms with E-state index in [0.717, 1.165) is 19.6 Å². The van der Waals surface area contributed by atoms with Crippen molar-refractivity contribution in [2.45, 2.75) is 13.8 Å². The zero-order valence-corrected chi connectivity index (χ0v) is 13.0. The molecule has 0 unspecified atom stereocenters. The SMILES string of the molecule is CCN(CC)CCNC(=O)c1nn(C)c(=S)[nH]c1=S. The number of aromatic nitrogens is 3. The average molecular weight is 301 g/mol. The Morgan fingerprint density at radius 1 is 1.42 bits per heavy atom. The molecular weight excluding hydrogens is 282 g/mol. The largest absolute Gasteiger partial charge is 0.349 e. The summed E-state index contributed by atoms with van der Waals surface area (Å²) in [5.74, 6) is -0.279. The number of carbonyl (C=O) groups is 1. The Bertz CT molecular complexity index is 547. The number of likely N-dealkylation sites (N-methyl/N-ethyl adjacent to an activating group) is 1. The quantitative estimate of drug-likeness (QED) is 0.775. The van der Waals surface area contributed by atoms with Crippen LogP contribution in [-0.4, -0.2) is 51.8 Å². The third-order valence-corrected chi connectivity index (χ3v) is 3.46. The smallest absolute Gasteiger partial charge is 0.274 e. The molecule has 1 aromatic heterocycles. The molecule has 8 heteroatoms. The second-order valence-corrected chi connectivity index (χ2v) is 4.81. The summed E-state index contributed by atoms with van der Waals surface area (Å²) in [6.45, 7) is 7.47. The van der Waals surface area contributed by atoms with Gasteiger partial charge in [0.2, 0.25) is 0 Å². The van der Waals surface area contributed by atoms with Crippen LogP contribution in [0.4, 0.5) is 0 Å². The van der Waals surface area contributed by atoms with Crippen LogP contribution in [0.1, 0.15) is 24.3 Å². The summed E-state index contributed by atoms with van der Waals surface area (Å²) in [6, 6.07) is 0. The molecule has 1 heterocycles. The number of carbonyl (C=O) groups excluding carboxylic acids is 1. The number of hydrogen-bond acceptors (Lipinski definition) is 5. The number of nitrogens with zero attached hydrogens (tertiary/aromatic N) is 3. The molecule has 6 nitrogen and oxygen atoms in total. The molecule has 0 saturated heterocycles. The van der Waals surface area contributed by atoms with Crippen LogP contribution in [0, 0.1) is 9.41 Å². The minimum Gasteiger partial charge on any atom is -0.349 e. The molecule has 0 radical (unpaired) electrons. The third-order valence-electron chi connectivity index (χ3n) is 2.80. The summed E-state index contributed by atoms with van der Waals surface area (Å²) < 4.78 is 2.08. The summed E-state index contributed by atoms with van der Waals surface area (Å²) >= 11 is 10.0. The standard InChI is InChI=1S/C11H19N5OS2/c1-4-16(5-2)7-6-12-9(17)8-10(18)13-11(19)15(3)14-8/h4-7H2,1-3H3,(H,12,17)(H,13,18,19). The molecule has 0 bridgehead atoms. The number of nitrogens with one attached hydrogen (secondary N) is 2. The Balaban J connectivity index is 2.67. The maximum Gasteiger partial charge on any atom is 0.274 e. The van der Waals surface area contributed by atoms with Gasteiger partial charge in [-0.3, -0.25) is 4.79 Å². The van der Waals surface area contributed by atoms with Crippen molar-refractivity contribution in [3.05, 3.63) is 15.1 Å². The molecule has 19 heavy (non-hydrogen) atoms. The van der Waals surface area contributed by atoms with Crippen molar-refractivity contribution in [3.63, 3.8) is 0 Å². The van der Waals surface area contributed by atoms with E-state index in [1.807, 2.05) is 0 Å². The Morgan fingerprint density at radius 2 is 2.05 bits per heavy atom.